The average Bonchev–Trinajstić information content (AvgIpc) is 3.07. The van der Waals surface area contributed by atoms with E-state index in [2.05, 4.69) is 60.7 Å². The zero-order valence-electron chi connectivity index (χ0n) is 15.9. The molecule has 2 aliphatic heterocycles. The lowest BCUT2D eigenvalue weighted by molar-refractivity contribution is -0.130. The van der Waals surface area contributed by atoms with Crippen molar-refractivity contribution < 1.29 is 9.59 Å². The Balaban J connectivity index is 1.62. The number of hydrazone groups is 1. The maximum absolute atomic E-state index is 12.7. The SMILES string of the molecule is Cc1ccc([C@@H]2CN(C(=O)CCC3=NNC(=O)CC3)C[C@H]2N(C)C)cc1. The highest BCUT2D eigenvalue weighted by atomic mass is 16.2. The van der Waals surface area contributed by atoms with Gasteiger partial charge in [0.2, 0.25) is 11.8 Å². The van der Waals surface area contributed by atoms with E-state index in [0.29, 0.717) is 37.6 Å². The van der Waals surface area contributed by atoms with Gasteiger partial charge in [-0.15, -0.1) is 0 Å². The molecule has 6 heteroatoms. The Morgan fingerprint density at radius 1 is 1.23 bits per heavy atom. The maximum Gasteiger partial charge on any atom is 0.240 e. The lowest BCUT2D eigenvalue weighted by atomic mass is 9.93. The van der Waals surface area contributed by atoms with Gasteiger partial charge >= 0.3 is 0 Å². The Bertz CT molecular complexity index is 696. The number of hydrogen-bond acceptors (Lipinski definition) is 4. The van der Waals surface area contributed by atoms with Gasteiger partial charge < -0.3 is 9.80 Å². The highest BCUT2D eigenvalue weighted by molar-refractivity contribution is 5.94. The number of benzene rings is 1. The number of nitrogens with zero attached hydrogens (tertiary/aromatic N) is 3. The fraction of sp³-hybridized carbons (Fsp3) is 0.550. The second kappa shape index (κ2) is 7.99. The summed E-state index contributed by atoms with van der Waals surface area (Å²) in [5.41, 5.74) is 5.96. The molecule has 1 fully saturated rings. The van der Waals surface area contributed by atoms with E-state index in [4.69, 9.17) is 0 Å². The van der Waals surface area contributed by atoms with Crippen molar-refractivity contribution in [2.24, 2.45) is 5.10 Å². The van der Waals surface area contributed by atoms with Crippen molar-refractivity contribution in [3.8, 4) is 0 Å². The van der Waals surface area contributed by atoms with Crippen LogP contribution in [0.25, 0.3) is 0 Å². The van der Waals surface area contributed by atoms with Crippen LogP contribution in [0, 0.1) is 6.92 Å². The predicted molar refractivity (Wildman–Crippen MR) is 102 cm³/mol. The smallest absolute Gasteiger partial charge is 0.240 e. The number of nitrogens with one attached hydrogen (secondary N) is 1. The van der Waals surface area contributed by atoms with E-state index in [-0.39, 0.29) is 11.8 Å². The zero-order chi connectivity index (χ0) is 18.7. The van der Waals surface area contributed by atoms with Crippen LogP contribution in [-0.2, 0) is 9.59 Å². The van der Waals surface area contributed by atoms with E-state index in [1.165, 1.54) is 11.1 Å². The molecule has 2 atom stereocenters. The number of amides is 2. The monoisotopic (exact) mass is 356 g/mol. The van der Waals surface area contributed by atoms with Crippen molar-refractivity contribution in [1.29, 1.82) is 0 Å². The van der Waals surface area contributed by atoms with E-state index in [0.717, 1.165) is 18.8 Å². The van der Waals surface area contributed by atoms with Gasteiger partial charge in [0.25, 0.3) is 0 Å². The summed E-state index contributed by atoms with van der Waals surface area (Å²) in [6, 6.07) is 8.98. The first-order valence-corrected chi connectivity index (χ1v) is 9.29. The molecule has 1 saturated heterocycles. The summed E-state index contributed by atoms with van der Waals surface area (Å²) < 4.78 is 0. The highest BCUT2D eigenvalue weighted by Gasteiger charge is 2.37. The molecule has 0 spiro atoms. The van der Waals surface area contributed by atoms with Crippen molar-refractivity contribution in [1.82, 2.24) is 15.2 Å². The quantitative estimate of drug-likeness (QED) is 0.876. The summed E-state index contributed by atoms with van der Waals surface area (Å²) in [5.74, 6) is 0.460. The fourth-order valence-electron chi connectivity index (χ4n) is 3.76. The second-order valence-electron chi connectivity index (χ2n) is 7.56. The third-order valence-corrected chi connectivity index (χ3v) is 5.42. The van der Waals surface area contributed by atoms with Gasteiger partial charge in [0.05, 0.1) is 0 Å². The fourth-order valence-corrected chi connectivity index (χ4v) is 3.76. The molecular weight excluding hydrogens is 328 g/mol. The van der Waals surface area contributed by atoms with E-state index < -0.39 is 0 Å². The molecule has 1 aromatic rings. The number of rotatable bonds is 5. The van der Waals surface area contributed by atoms with Crippen LogP contribution in [0.2, 0.25) is 0 Å². The second-order valence-corrected chi connectivity index (χ2v) is 7.56. The van der Waals surface area contributed by atoms with Gasteiger partial charge in [0, 0.05) is 43.6 Å². The number of carbonyl (C=O) groups excluding carboxylic acids is 2. The largest absolute Gasteiger partial charge is 0.340 e. The van der Waals surface area contributed by atoms with Gasteiger partial charge in [-0.3, -0.25) is 9.59 Å². The first-order chi connectivity index (χ1) is 12.4. The molecule has 0 saturated carbocycles. The van der Waals surface area contributed by atoms with Gasteiger partial charge in [-0.05, 0) is 39.4 Å². The lowest BCUT2D eigenvalue weighted by Gasteiger charge is -2.25. The Morgan fingerprint density at radius 2 is 1.96 bits per heavy atom. The van der Waals surface area contributed by atoms with Gasteiger partial charge in [-0.25, -0.2) is 5.43 Å². The number of likely N-dealkylation sites (tertiary alicyclic amines) is 1. The van der Waals surface area contributed by atoms with Crippen LogP contribution in [-0.4, -0.2) is 60.6 Å². The standard InChI is InChI=1S/C20H28N4O2/c1-14-4-6-15(7-5-14)17-12-24(13-18(17)23(2)3)20(26)11-9-16-8-10-19(25)22-21-16/h4-7,17-18H,8-13H2,1-3H3,(H,22,25)/t17-,18+/m0/s1. The predicted octanol–water partition coefficient (Wildman–Crippen LogP) is 1.90. The van der Waals surface area contributed by atoms with Gasteiger partial charge in [0.15, 0.2) is 0 Å². The van der Waals surface area contributed by atoms with Crippen LogP contribution in [0.3, 0.4) is 0 Å². The first kappa shape index (κ1) is 18.6. The Labute approximate surface area is 155 Å². The molecule has 0 aliphatic carbocycles. The molecule has 1 N–H and O–H groups in total. The summed E-state index contributed by atoms with van der Waals surface area (Å²) in [6.45, 7) is 3.61. The average molecular weight is 356 g/mol. The van der Waals surface area contributed by atoms with Gasteiger partial charge in [-0.2, -0.15) is 5.10 Å². The van der Waals surface area contributed by atoms with Crippen molar-refractivity contribution in [2.75, 3.05) is 27.2 Å². The molecule has 2 heterocycles. The molecule has 1 aromatic carbocycles. The summed E-state index contributed by atoms with van der Waals surface area (Å²) in [7, 11) is 4.17. The molecule has 26 heavy (non-hydrogen) atoms. The van der Waals surface area contributed by atoms with Gasteiger partial charge in [0.1, 0.15) is 0 Å². The first-order valence-electron chi connectivity index (χ1n) is 9.29. The normalized spacial score (nSPS) is 23.2. The van der Waals surface area contributed by atoms with Crippen LogP contribution < -0.4 is 5.43 Å². The molecule has 2 aliphatic rings. The van der Waals surface area contributed by atoms with Gasteiger partial charge in [-0.1, -0.05) is 29.8 Å². The van der Waals surface area contributed by atoms with E-state index >= 15 is 0 Å². The molecule has 0 unspecified atom stereocenters. The van der Waals surface area contributed by atoms with Crippen molar-refractivity contribution in [2.45, 2.75) is 44.6 Å². The Hall–Kier alpha value is -2.21. The minimum atomic E-state index is -0.0469. The van der Waals surface area contributed by atoms with Crippen LogP contribution in [0.1, 0.15) is 42.7 Å². The summed E-state index contributed by atoms with van der Waals surface area (Å²) in [5, 5.41) is 4.06. The summed E-state index contributed by atoms with van der Waals surface area (Å²) in [6.07, 6.45) is 2.20. The number of aryl methyl sites for hydroxylation is 1. The van der Waals surface area contributed by atoms with Crippen molar-refractivity contribution in [3.63, 3.8) is 0 Å². The van der Waals surface area contributed by atoms with Crippen molar-refractivity contribution in [3.05, 3.63) is 35.4 Å². The maximum atomic E-state index is 12.7. The number of hydrogen-bond donors (Lipinski definition) is 1. The molecule has 0 aromatic heterocycles. The Morgan fingerprint density at radius 3 is 2.58 bits per heavy atom. The van der Waals surface area contributed by atoms with Crippen LogP contribution in [0.4, 0.5) is 0 Å². The highest BCUT2D eigenvalue weighted by Crippen LogP contribution is 2.31. The number of likely N-dealkylation sites (N-methyl/N-ethyl adjacent to an activating group) is 1. The molecule has 2 amide bonds. The topological polar surface area (TPSA) is 65.0 Å². The summed E-state index contributed by atoms with van der Waals surface area (Å²) >= 11 is 0. The Kier molecular flexibility index (Phi) is 5.71. The van der Waals surface area contributed by atoms with E-state index in [1.807, 2.05) is 4.90 Å². The van der Waals surface area contributed by atoms with E-state index in [9.17, 15) is 9.59 Å². The van der Waals surface area contributed by atoms with Crippen LogP contribution in [0.15, 0.2) is 29.4 Å². The molecule has 6 nitrogen and oxygen atoms in total. The molecule has 0 radical (unpaired) electrons. The lowest BCUT2D eigenvalue weighted by Crippen LogP contribution is -2.36. The molecule has 140 valence electrons. The third-order valence-electron chi connectivity index (χ3n) is 5.42. The minimum Gasteiger partial charge on any atom is -0.340 e. The third kappa shape index (κ3) is 4.30. The number of carbonyl (C=O) groups is 2. The van der Waals surface area contributed by atoms with Crippen LogP contribution in [0.5, 0.6) is 0 Å². The summed E-state index contributed by atoms with van der Waals surface area (Å²) in [4.78, 5) is 28.1. The van der Waals surface area contributed by atoms with Crippen LogP contribution >= 0.6 is 0 Å². The van der Waals surface area contributed by atoms with E-state index in [1.54, 1.807) is 0 Å². The molecular formula is C20H28N4O2. The molecule has 0 bridgehead atoms. The minimum absolute atomic E-state index is 0.0469. The zero-order valence-corrected chi connectivity index (χ0v) is 15.9. The van der Waals surface area contributed by atoms with Crippen molar-refractivity contribution >= 4 is 17.5 Å². The molecule has 3 rings (SSSR count).